The molecule has 5 heterocycles. The molecule has 3 aliphatic rings. The monoisotopic (exact) mass is 408 g/mol. The van der Waals surface area contributed by atoms with Crippen LogP contribution in [0, 0.1) is 5.41 Å². The topological polar surface area (TPSA) is 126 Å². The van der Waals surface area contributed by atoms with Crippen LogP contribution in [0.1, 0.15) is 19.4 Å². The molecule has 10 nitrogen and oxygen atoms in total. The molecule has 154 valence electrons. The van der Waals surface area contributed by atoms with E-state index in [2.05, 4.69) is 25.8 Å². The quantitative estimate of drug-likeness (QED) is 0.651. The summed E-state index contributed by atoms with van der Waals surface area (Å²) < 4.78 is 5.99. The summed E-state index contributed by atoms with van der Waals surface area (Å²) in [5.74, 6) is -1.21. The number of rotatable bonds is 1. The molecular formula is C20H20N6O4. The van der Waals surface area contributed by atoms with Crippen molar-refractivity contribution in [1.82, 2.24) is 25.8 Å². The van der Waals surface area contributed by atoms with E-state index in [0.29, 0.717) is 12.2 Å². The number of barbiturate groups is 1. The molecule has 2 aromatic heterocycles. The lowest BCUT2D eigenvalue weighted by atomic mass is 9.66. The van der Waals surface area contributed by atoms with Crippen molar-refractivity contribution in [3.05, 3.63) is 36.3 Å². The molecule has 3 aliphatic heterocycles. The lowest BCUT2D eigenvalue weighted by molar-refractivity contribution is -0.153. The molecule has 5 rings (SSSR count). The number of carbonyl (C=O) groups excluding carboxylic acids is 3. The predicted octanol–water partition coefficient (Wildman–Crippen LogP) is 0.429. The van der Waals surface area contributed by atoms with E-state index in [0.717, 1.165) is 16.8 Å². The van der Waals surface area contributed by atoms with E-state index in [1.54, 1.807) is 24.7 Å². The number of imide groups is 2. The zero-order chi connectivity index (χ0) is 21.0. The summed E-state index contributed by atoms with van der Waals surface area (Å²) in [6.45, 7) is 4.29. The van der Waals surface area contributed by atoms with Crippen LogP contribution in [0.4, 0.5) is 10.5 Å². The lowest BCUT2D eigenvalue weighted by Gasteiger charge is -2.55. The van der Waals surface area contributed by atoms with E-state index in [4.69, 9.17) is 4.74 Å². The largest absolute Gasteiger partial charge is 0.372 e. The van der Waals surface area contributed by atoms with Crippen molar-refractivity contribution in [3.8, 4) is 11.3 Å². The lowest BCUT2D eigenvalue weighted by Crippen LogP contribution is -2.75. The number of urea groups is 1. The van der Waals surface area contributed by atoms with Gasteiger partial charge in [0, 0.05) is 18.5 Å². The average molecular weight is 408 g/mol. The number of nitrogens with zero attached hydrogens (tertiary/aromatic N) is 4. The number of morpholine rings is 1. The van der Waals surface area contributed by atoms with Crippen LogP contribution in [-0.4, -0.2) is 57.8 Å². The summed E-state index contributed by atoms with van der Waals surface area (Å²) in [4.78, 5) is 44.6. The minimum Gasteiger partial charge on any atom is -0.372 e. The van der Waals surface area contributed by atoms with Crippen molar-refractivity contribution < 1.29 is 19.1 Å². The number of fused-ring (bicyclic) bond motifs is 4. The van der Waals surface area contributed by atoms with Crippen LogP contribution < -0.4 is 15.5 Å². The van der Waals surface area contributed by atoms with E-state index in [1.807, 2.05) is 24.8 Å². The number of ether oxygens (including phenoxy) is 1. The number of pyridine rings is 1. The maximum atomic E-state index is 13.1. The van der Waals surface area contributed by atoms with Crippen molar-refractivity contribution in [2.45, 2.75) is 38.5 Å². The predicted molar refractivity (Wildman–Crippen MR) is 104 cm³/mol. The van der Waals surface area contributed by atoms with Gasteiger partial charge >= 0.3 is 6.03 Å². The molecule has 1 spiro atoms. The molecule has 0 aliphatic carbocycles. The van der Waals surface area contributed by atoms with Gasteiger partial charge in [0.25, 0.3) is 0 Å². The van der Waals surface area contributed by atoms with Crippen molar-refractivity contribution >= 4 is 23.5 Å². The fraction of sp³-hybridized carbons (Fsp3) is 0.400. The fourth-order valence-corrected chi connectivity index (χ4v) is 4.93. The van der Waals surface area contributed by atoms with Gasteiger partial charge in [-0.3, -0.25) is 25.2 Å². The molecule has 2 aromatic rings. The summed E-state index contributed by atoms with van der Waals surface area (Å²) in [7, 11) is 0. The van der Waals surface area contributed by atoms with Crippen molar-refractivity contribution in [1.29, 1.82) is 0 Å². The van der Waals surface area contributed by atoms with E-state index >= 15 is 0 Å². The Morgan fingerprint density at radius 1 is 1.13 bits per heavy atom. The van der Waals surface area contributed by atoms with Crippen molar-refractivity contribution in [2.75, 3.05) is 11.4 Å². The van der Waals surface area contributed by atoms with Gasteiger partial charge in [-0.05, 0) is 31.5 Å². The smallest absolute Gasteiger partial charge is 0.328 e. The number of anilines is 1. The van der Waals surface area contributed by atoms with Gasteiger partial charge < -0.3 is 9.64 Å². The van der Waals surface area contributed by atoms with Gasteiger partial charge in [-0.15, -0.1) is 0 Å². The van der Waals surface area contributed by atoms with Crippen LogP contribution in [0.2, 0.25) is 0 Å². The highest BCUT2D eigenvalue weighted by molar-refractivity contribution is 6.20. The number of nitrogens with one attached hydrogen (secondary N) is 2. The Morgan fingerprint density at radius 2 is 1.90 bits per heavy atom. The number of amides is 4. The van der Waals surface area contributed by atoms with Crippen LogP contribution in [0.25, 0.3) is 11.3 Å². The molecular weight excluding hydrogens is 388 g/mol. The van der Waals surface area contributed by atoms with Gasteiger partial charge in [-0.25, -0.2) is 4.79 Å². The highest BCUT2D eigenvalue weighted by Crippen LogP contribution is 2.46. The summed E-state index contributed by atoms with van der Waals surface area (Å²) >= 11 is 0. The summed E-state index contributed by atoms with van der Waals surface area (Å²) in [5, 5.41) is 12.3. The SMILES string of the molecule is C[C@@H]1CN2c3cnc(-c4ccnnc4)cc3CC3(C(=O)NC(=O)NC3=O)[C@H]2[C@H](C)O1. The van der Waals surface area contributed by atoms with Crippen LogP contribution in [0.5, 0.6) is 0 Å². The summed E-state index contributed by atoms with van der Waals surface area (Å²) in [6.07, 6.45) is 4.57. The van der Waals surface area contributed by atoms with Gasteiger partial charge in [0.05, 0.1) is 48.2 Å². The number of hydrogen-bond acceptors (Lipinski definition) is 8. The van der Waals surface area contributed by atoms with Gasteiger partial charge in [-0.1, -0.05) is 0 Å². The third-order valence-electron chi connectivity index (χ3n) is 6.08. The Kier molecular flexibility index (Phi) is 4.07. The molecule has 4 amide bonds. The molecule has 0 bridgehead atoms. The Bertz CT molecular complexity index is 1040. The average Bonchev–Trinajstić information content (AvgIpc) is 2.71. The minimum atomic E-state index is -1.49. The molecule has 0 unspecified atom stereocenters. The molecule has 2 saturated heterocycles. The Hall–Kier alpha value is -3.40. The third kappa shape index (κ3) is 2.60. The first-order chi connectivity index (χ1) is 14.4. The highest BCUT2D eigenvalue weighted by Gasteiger charge is 2.62. The normalized spacial score (nSPS) is 27.2. The maximum Gasteiger partial charge on any atom is 0.328 e. The molecule has 0 radical (unpaired) electrons. The molecule has 10 heteroatoms. The number of aromatic nitrogens is 3. The van der Waals surface area contributed by atoms with Crippen LogP contribution >= 0.6 is 0 Å². The Balaban J connectivity index is 1.68. The Labute approximate surface area is 172 Å². The van der Waals surface area contributed by atoms with Gasteiger partial charge in [0.15, 0.2) is 5.41 Å². The molecule has 2 N–H and O–H groups in total. The standard InChI is InChI=1S/C20H20N6O4/c1-10-9-26-15-8-21-14(12-3-4-22-23-7-12)5-13(15)6-20(16(26)11(2)30-10)17(27)24-19(29)25-18(20)28/h3-5,7-8,10-11,16H,6,9H2,1-2H3,(H2,24,25,27,28,29)/t10-,11+,16-/m1/s1. The third-order valence-corrected chi connectivity index (χ3v) is 6.08. The summed E-state index contributed by atoms with van der Waals surface area (Å²) in [6, 6.07) is 2.29. The first-order valence-electron chi connectivity index (χ1n) is 9.75. The second-order valence-electron chi connectivity index (χ2n) is 7.96. The van der Waals surface area contributed by atoms with Crippen molar-refractivity contribution in [3.63, 3.8) is 0 Å². The minimum absolute atomic E-state index is 0.0975. The first-order valence-corrected chi connectivity index (χ1v) is 9.75. The van der Waals surface area contributed by atoms with E-state index in [9.17, 15) is 14.4 Å². The Morgan fingerprint density at radius 3 is 2.60 bits per heavy atom. The number of hydrogen-bond donors (Lipinski definition) is 2. The van der Waals surface area contributed by atoms with E-state index in [1.165, 1.54) is 0 Å². The second-order valence-corrected chi connectivity index (χ2v) is 7.96. The van der Waals surface area contributed by atoms with Crippen LogP contribution in [0.3, 0.4) is 0 Å². The number of carbonyl (C=O) groups is 3. The zero-order valence-electron chi connectivity index (χ0n) is 16.5. The zero-order valence-corrected chi connectivity index (χ0v) is 16.5. The highest BCUT2D eigenvalue weighted by atomic mass is 16.5. The van der Waals surface area contributed by atoms with Gasteiger partial charge in [-0.2, -0.15) is 10.2 Å². The molecule has 2 fully saturated rings. The fourth-order valence-electron chi connectivity index (χ4n) is 4.93. The molecule has 30 heavy (non-hydrogen) atoms. The summed E-state index contributed by atoms with van der Waals surface area (Å²) in [5.41, 5.74) is 1.61. The van der Waals surface area contributed by atoms with E-state index in [-0.39, 0.29) is 12.5 Å². The van der Waals surface area contributed by atoms with Gasteiger partial charge in [0.2, 0.25) is 11.8 Å². The van der Waals surface area contributed by atoms with E-state index < -0.39 is 35.4 Å². The maximum absolute atomic E-state index is 13.1. The van der Waals surface area contributed by atoms with Crippen LogP contribution in [-0.2, 0) is 20.7 Å². The molecule has 0 aromatic carbocycles. The first kappa shape index (κ1) is 18.6. The van der Waals surface area contributed by atoms with Gasteiger partial charge in [0.1, 0.15) is 0 Å². The second kappa shape index (κ2) is 6.56. The van der Waals surface area contributed by atoms with Crippen molar-refractivity contribution in [2.24, 2.45) is 5.41 Å². The van der Waals surface area contributed by atoms with Crippen LogP contribution in [0.15, 0.2) is 30.7 Å². The molecule has 3 atom stereocenters. The molecule has 0 saturated carbocycles.